The quantitative estimate of drug-likeness (QED) is 0.417. The molecule has 0 saturated heterocycles. The number of nitrogens with zero attached hydrogens (tertiary/aromatic N) is 1. The molecule has 9 nitrogen and oxygen atoms in total. The summed E-state index contributed by atoms with van der Waals surface area (Å²) in [5.74, 6) is -2.95. The first-order chi connectivity index (χ1) is 13.2. The topological polar surface area (TPSA) is 151 Å². The van der Waals surface area contributed by atoms with Crippen LogP contribution in [-0.2, 0) is 14.8 Å². The van der Waals surface area contributed by atoms with Crippen molar-refractivity contribution >= 4 is 27.8 Å². The van der Waals surface area contributed by atoms with Gasteiger partial charge < -0.3 is 29.6 Å². The van der Waals surface area contributed by atoms with Crippen LogP contribution in [0.5, 0.6) is 11.5 Å². The molecule has 0 aromatic heterocycles. The Morgan fingerprint density at radius 2 is 1.68 bits per heavy atom. The van der Waals surface area contributed by atoms with E-state index in [0.29, 0.717) is 0 Å². The van der Waals surface area contributed by atoms with Crippen molar-refractivity contribution in [1.82, 2.24) is 0 Å². The van der Waals surface area contributed by atoms with Gasteiger partial charge in [-0.1, -0.05) is 18.2 Å². The summed E-state index contributed by atoms with van der Waals surface area (Å²) in [7, 11) is -1.80. The number of ether oxygens (including phenoxy) is 2. The monoisotopic (exact) mass is 404 g/mol. The molecule has 28 heavy (non-hydrogen) atoms. The van der Waals surface area contributed by atoms with E-state index in [2.05, 4.69) is 4.40 Å². The lowest BCUT2D eigenvalue weighted by atomic mass is 10.1. The summed E-state index contributed by atoms with van der Waals surface area (Å²) in [5.41, 5.74) is 0.0367. The normalized spacial score (nSPS) is 13.6. The third-order valence-electron chi connectivity index (χ3n) is 3.49. The van der Waals surface area contributed by atoms with E-state index < -0.39 is 21.9 Å². The van der Waals surface area contributed by atoms with Crippen LogP contribution in [0.4, 0.5) is 0 Å². The Hall–Kier alpha value is -3.53. The molecule has 1 aromatic rings. The summed E-state index contributed by atoms with van der Waals surface area (Å²) in [5, 5.41) is 32.2. The van der Waals surface area contributed by atoms with Crippen LogP contribution >= 0.6 is 0 Å². The van der Waals surface area contributed by atoms with Crippen molar-refractivity contribution in [1.29, 1.82) is 0 Å². The summed E-state index contributed by atoms with van der Waals surface area (Å²) >= 11 is 0. The number of carboxylic acids is 1. The highest BCUT2D eigenvalue weighted by atomic mass is 32.2. The second kappa shape index (κ2) is 8.44. The maximum absolute atomic E-state index is 12.8. The van der Waals surface area contributed by atoms with Crippen molar-refractivity contribution in [2.24, 2.45) is 4.40 Å². The molecule has 0 amide bonds. The lowest BCUT2D eigenvalue weighted by Gasteiger charge is -2.21. The van der Waals surface area contributed by atoms with E-state index >= 15 is 0 Å². The van der Waals surface area contributed by atoms with Crippen LogP contribution in [0, 0.1) is 0 Å². The Morgan fingerprint density at radius 3 is 2.18 bits per heavy atom. The zero-order valence-electron chi connectivity index (χ0n) is 14.7. The van der Waals surface area contributed by atoms with Crippen molar-refractivity contribution in [2.45, 2.75) is 4.90 Å². The van der Waals surface area contributed by atoms with Gasteiger partial charge in [0, 0.05) is 0 Å². The Labute approximate surface area is 160 Å². The van der Waals surface area contributed by atoms with E-state index in [9.17, 15) is 28.5 Å². The zero-order valence-corrected chi connectivity index (χ0v) is 15.6. The second-order valence-corrected chi connectivity index (χ2v) is 6.88. The van der Waals surface area contributed by atoms with E-state index in [-0.39, 0.29) is 33.2 Å². The fraction of sp³-hybridized carbons (Fsp3) is 0.111. The SMILES string of the molecule is COc1cc(C=CC(=O)[O-])cc(S(=O)(=O)N=C2C=CC(=C([O-])[O-])C=C2)c1OC. The molecule has 148 valence electrons. The first-order valence-corrected chi connectivity index (χ1v) is 9.06. The Kier molecular flexibility index (Phi) is 6.26. The summed E-state index contributed by atoms with van der Waals surface area (Å²) < 4.78 is 39.4. The van der Waals surface area contributed by atoms with Gasteiger partial charge in [-0.2, -0.15) is 18.8 Å². The number of aliphatic carboxylic acids is 1. The van der Waals surface area contributed by atoms with Gasteiger partial charge in [0.2, 0.25) is 0 Å². The highest BCUT2D eigenvalue weighted by Gasteiger charge is 2.23. The number of carbonyl (C=O) groups is 1. The first kappa shape index (κ1) is 20.8. The van der Waals surface area contributed by atoms with E-state index in [4.69, 9.17) is 9.47 Å². The van der Waals surface area contributed by atoms with Gasteiger partial charge in [-0.25, -0.2) is 0 Å². The molecule has 1 aliphatic carbocycles. The van der Waals surface area contributed by atoms with Crippen LogP contribution in [0.1, 0.15) is 5.56 Å². The molecule has 0 saturated carbocycles. The number of carboxylic acid groups (broad SMARTS) is 1. The molecule has 1 aliphatic rings. The predicted molar refractivity (Wildman–Crippen MR) is 93.5 cm³/mol. The van der Waals surface area contributed by atoms with Gasteiger partial charge >= 0.3 is 0 Å². The van der Waals surface area contributed by atoms with Crippen LogP contribution in [-0.4, -0.2) is 34.3 Å². The molecule has 0 bridgehead atoms. The van der Waals surface area contributed by atoms with Gasteiger partial charge in [0.05, 0.1) is 25.9 Å². The second-order valence-electron chi connectivity index (χ2n) is 5.31. The molecule has 0 fully saturated rings. The summed E-state index contributed by atoms with van der Waals surface area (Å²) in [6.45, 7) is 0. The number of methoxy groups -OCH3 is 2. The average Bonchev–Trinajstić information content (AvgIpc) is 2.65. The van der Waals surface area contributed by atoms with E-state index in [0.717, 1.165) is 30.4 Å². The number of benzene rings is 1. The third-order valence-corrected chi connectivity index (χ3v) is 4.80. The van der Waals surface area contributed by atoms with Crippen molar-refractivity contribution in [3.63, 3.8) is 0 Å². The van der Waals surface area contributed by atoms with Gasteiger partial charge in [-0.15, -0.1) is 0 Å². The molecule has 10 heteroatoms. The van der Waals surface area contributed by atoms with Crippen molar-refractivity contribution in [3.8, 4) is 11.5 Å². The molecule has 0 radical (unpaired) electrons. The van der Waals surface area contributed by atoms with Crippen molar-refractivity contribution in [2.75, 3.05) is 14.2 Å². The van der Waals surface area contributed by atoms with Crippen molar-refractivity contribution in [3.05, 3.63) is 59.6 Å². The fourth-order valence-corrected chi connectivity index (χ4v) is 3.45. The standard InChI is InChI=1S/C18H17NO8S/c1-26-14-9-11(3-8-16(20)21)10-15(17(14)27-2)28(24,25)19-13-6-4-12(5-7-13)18(22)23/h3-10,22-23H,1-2H3,(H,20,21)/p-3. The largest absolute Gasteiger partial charge is 0.884 e. The molecule has 2 rings (SSSR count). The van der Waals surface area contributed by atoms with E-state index in [1.807, 2.05) is 0 Å². The van der Waals surface area contributed by atoms with Gasteiger partial charge in [-0.05, 0) is 41.5 Å². The van der Waals surface area contributed by atoms with Gasteiger partial charge in [-0.3, -0.25) is 0 Å². The van der Waals surface area contributed by atoms with E-state index in [1.54, 1.807) is 0 Å². The summed E-state index contributed by atoms with van der Waals surface area (Å²) in [6.07, 6.45) is 6.57. The number of hydrogen-bond donors (Lipinski definition) is 0. The number of allylic oxidation sites excluding steroid dienone is 5. The molecule has 0 N–H and O–H groups in total. The predicted octanol–water partition coefficient (Wildman–Crippen LogP) is -1.35. The number of hydrogen-bond acceptors (Lipinski definition) is 8. The fourth-order valence-electron chi connectivity index (χ4n) is 2.25. The minimum absolute atomic E-state index is 0.0262. The molecule has 0 unspecified atom stereocenters. The molecule has 0 aliphatic heterocycles. The molecular weight excluding hydrogens is 390 g/mol. The third kappa shape index (κ3) is 4.80. The van der Waals surface area contributed by atoms with E-state index in [1.165, 1.54) is 32.4 Å². The highest BCUT2D eigenvalue weighted by Crippen LogP contribution is 2.37. The van der Waals surface area contributed by atoms with Crippen molar-refractivity contribution < 1.29 is 38.0 Å². The Balaban J connectivity index is 2.58. The average molecular weight is 404 g/mol. The number of carbonyl (C=O) groups excluding carboxylic acids is 1. The number of rotatable bonds is 6. The maximum Gasteiger partial charge on any atom is 0.286 e. The lowest BCUT2D eigenvalue weighted by Crippen LogP contribution is -2.20. The number of sulfonamides is 1. The summed E-state index contributed by atoms with van der Waals surface area (Å²) in [4.78, 5) is 10.2. The van der Waals surface area contributed by atoms with Crippen LogP contribution in [0.15, 0.2) is 63.3 Å². The molecule has 0 spiro atoms. The molecule has 0 atom stereocenters. The van der Waals surface area contributed by atoms with Crippen LogP contribution in [0.3, 0.4) is 0 Å². The van der Waals surface area contributed by atoms with Gasteiger partial charge in [0.1, 0.15) is 4.90 Å². The molecule has 1 aromatic carbocycles. The van der Waals surface area contributed by atoms with Gasteiger partial charge in [0.15, 0.2) is 11.5 Å². The lowest BCUT2D eigenvalue weighted by molar-refractivity contribution is -0.514. The Morgan fingerprint density at radius 1 is 1.04 bits per heavy atom. The minimum atomic E-state index is -4.32. The first-order valence-electron chi connectivity index (χ1n) is 7.62. The highest BCUT2D eigenvalue weighted by molar-refractivity contribution is 7.90. The maximum atomic E-state index is 12.8. The Bertz CT molecular complexity index is 1020. The minimum Gasteiger partial charge on any atom is -0.884 e. The molecular formula is C18H14NO8S-3. The van der Waals surface area contributed by atoms with Crippen LogP contribution < -0.4 is 24.8 Å². The van der Waals surface area contributed by atoms with Gasteiger partial charge in [0.25, 0.3) is 10.0 Å². The zero-order chi connectivity index (χ0) is 20.9. The summed E-state index contributed by atoms with van der Waals surface area (Å²) in [6, 6.07) is 2.54. The van der Waals surface area contributed by atoms with Crippen LogP contribution in [0.2, 0.25) is 0 Å². The van der Waals surface area contributed by atoms with Crippen LogP contribution in [0.25, 0.3) is 6.08 Å². The molecule has 0 heterocycles. The smallest absolute Gasteiger partial charge is 0.286 e.